The summed E-state index contributed by atoms with van der Waals surface area (Å²) in [4.78, 5) is 21.1. The molecule has 0 amide bonds. The van der Waals surface area contributed by atoms with Crippen molar-refractivity contribution >= 4 is 12.6 Å². The largest absolute Gasteiger partial charge is 0.303 e. The minimum absolute atomic E-state index is 0.249. The molecule has 0 N–H and O–H groups in total. The van der Waals surface area contributed by atoms with E-state index in [1.54, 1.807) is 0 Å². The number of allylic oxidation sites excluding steroid dienone is 4. The molecule has 5 unspecified atom stereocenters. The van der Waals surface area contributed by atoms with E-state index in [1.165, 1.54) is 11.1 Å². The minimum Gasteiger partial charge on any atom is -0.303 e. The molecule has 0 fully saturated rings. The van der Waals surface area contributed by atoms with Crippen LogP contribution in [0.4, 0.5) is 0 Å². The quantitative estimate of drug-likeness (QED) is 0.550. The normalized spacial score (nSPS) is 35.8. The molecule has 0 bridgehead atoms. The van der Waals surface area contributed by atoms with Crippen molar-refractivity contribution in [1.29, 1.82) is 0 Å². The molecule has 21 heavy (non-hydrogen) atoms. The first-order valence-electron chi connectivity index (χ1n) is 8.14. The lowest BCUT2D eigenvalue weighted by atomic mass is 9.76. The van der Waals surface area contributed by atoms with Crippen LogP contribution in [0.2, 0.25) is 0 Å². The van der Waals surface area contributed by atoms with Gasteiger partial charge in [-0.1, -0.05) is 44.1 Å². The van der Waals surface area contributed by atoms with Crippen molar-refractivity contribution in [2.45, 2.75) is 53.9 Å². The van der Waals surface area contributed by atoms with Crippen molar-refractivity contribution in [3.63, 3.8) is 0 Å². The maximum Gasteiger partial charge on any atom is 0.123 e. The van der Waals surface area contributed by atoms with E-state index < -0.39 is 0 Å². The van der Waals surface area contributed by atoms with Crippen LogP contribution in [0.1, 0.15) is 53.9 Å². The Bertz CT molecular complexity index is 419. The fraction of sp³-hybridized carbons (Fsp3) is 0.684. The van der Waals surface area contributed by atoms with E-state index in [1.807, 2.05) is 0 Å². The van der Waals surface area contributed by atoms with Crippen LogP contribution >= 0.6 is 0 Å². The van der Waals surface area contributed by atoms with Crippen molar-refractivity contribution in [3.8, 4) is 0 Å². The molecule has 0 spiro atoms. The highest BCUT2D eigenvalue weighted by Crippen LogP contribution is 2.31. The van der Waals surface area contributed by atoms with Crippen molar-refractivity contribution in [3.05, 3.63) is 23.3 Å². The fourth-order valence-electron chi connectivity index (χ4n) is 3.55. The zero-order valence-corrected chi connectivity index (χ0v) is 14.1. The third kappa shape index (κ3) is 5.26. The van der Waals surface area contributed by atoms with Gasteiger partial charge < -0.3 is 9.59 Å². The highest BCUT2D eigenvalue weighted by atomic mass is 16.1. The number of aldehydes is 2. The Balaban J connectivity index is 0.000000211. The van der Waals surface area contributed by atoms with Crippen LogP contribution in [0.15, 0.2) is 23.3 Å². The van der Waals surface area contributed by atoms with Gasteiger partial charge >= 0.3 is 0 Å². The van der Waals surface area contributed by atoms with Gasteiger partial charge in [-0.25, -0.2) is 0 Å². The smallest absolute Gasteiger partial charge is 0.123 e. The summed E-state index contributed by atoms with van der Waals surface area (Å²) < 4.78 is 0. The number of carbonyl (C=O) groups excluding carboxylic acids is 2. The van der Waals surface area contributed by atoms with Crippen LogP contribution < -0.4 is 0 Å². The number of rotatable bonds is 2. The van der Waals surface area contributed by atoms with Crippen molar-refractivity contribution in [2.75, 3.05) is 0 Å². The Morgan fingerprint density at radius 2 is 1.57 bits per heavy atom. The average Bonchev–Trinajstić information content (AvgIpc) is 2.39. The van der Waals surface area contributed by atoms with E-state index >= 15 is 0 Å². The summed E-state index contributed by atoms with van der Waals surface area (Å²) in [6, 6.07) is 0. The highest BCUT2D eigenvalue weighted by Gasteiger charge is 2.25. The van der Waals surface area contributed by atoms with E-state index in [9.17, 15) is 9.59 Å². The third-order valence-electron chi connectivity index (χ3n) is 4.88. The summed E-state index contributed by atoms with van der Waals surface area (Å²) in [7, 11) is 0. The Morgan fingerprint density at radius 1 is 0.952 bits per heavy atom. The van der Waals surface area contributed by atoms with Crippen molar-refractivity contribution in [1.82, 2.24) is 0 Å². The summed E-state index contributed by atoms with van der Waals surface area (Å²) in [6.07, 6.45) is 9.88. The maximum absolute atomic E-state index is 10.7. The molecule has 0 aromatic rings. The van der Waals surface area contributed by atoms with E-state index in [-0.39, 0.29) is 11.8 Å². The monoisotopic (exact) mass is 290 g/mol. The molecule has 5 atom stereocenters. The number of hydrogen-bond donors (Lipinski definition) is 0. The summed E-state index contributed by atoms with van der Waals surface area (Å²) in [6.45, 7) is 10.7. The average molecular weight is 290 g/mol. The summed E-state index contributed by atoms with van der Waals surface area (Å²) in [5, 5.41) is 0. The molecule has 2 heteroatoms. The van der Waals surface area contributed by atoms with Gasteiger partial charge in [0.25, 0.3) is 0 Å². The van der Waals surface area contributed by atoms with Gasteiger partial charge in [-0.3, -0.25) is 0 Å². The van der Waals surface area contributed by atoms with Gasteiger partial charge in [0.1, 0.15) is 12.6 Å². The van der Waals surface area contributed by atoms with E-state index in [4.69, 9.17) is 0 Å². The molecule has 2 aliphatic carbocycles. The van der Waals surface area contributed by atoms with E-state index in [0.29, 0.717) is 17.8 Å². The van der Waals surface area contributed by atoms with Gasteiger partial charge in [0.2, 0.25) is 0 Å². The molecule has 118 valence electrons. The molecule has 0 aromatic carbocycles. The Labute approximate surface area is 129 Å². The molecule has 0 saturated heterocycles. The maximum atomic E-state index is 10.7. The van der Waals surface area contributed by atoms with Gasteiger partial charge in [0.05, 0.1) is 0 Å². The van der Waals surface area contributed by atoms with Crippen molar-refractivity contribution < 1.29 is 9.59 Å². The van der Waals surface area contributed by atoms with E-state index in [0.717, 1.165) is 31.8 Å². The molecule has 0 radical (unpaired) electrons. The second kappa shape index (κ2) is 8.31. The van der Waals surface area contributed by atoms with Crippen molar-refractivity contribution in [2.24, 2.45) is 29.6 Å². The lowest BCUT2D eigenvalue weighted by Crippen LogP contribution is -2.24. The summed E-state index contributed by atoms with van der Waals surface area (Å²) >= 11 is 0. The highest BCUT2D eigenvalue weighted by molar-refractivity contribution is 5.56. The van der Waals surface area contributed by atoms with Crippen LogP contribution in [-0.2, 0) is 9.59 Å². The Morgan fingerprint density at radius 3 is 2.05 bits per heavy atom. The second-order valence-corrected chi connectivity index (χ2v) is 6.98. The first-order chi connectivity index (χ1) is 9.88. The van der Waals surface area contributed by atoms with Crippen LogP contribution in [0, 0.1) is 29.6 Å². The van der Waals surface area contributed by atoms with Gasteiger partial charge in [0.15, 0.2) is 0 Å². The fourth-order valence-corrected chi connectivity index (χ4v) is 3.55. The second-order valence-electron chi connectivity index (χ2n) is 6.98. The van der Waals surface area contributed by atoms with E-state index in [2.05, 4.69) is 46.8 Å². The van der Waals surface area contributed by atoms with Gasteiger partial charge in [-0.15, -0.1) is 0 Å². The third-order valence-corrected chi connectivity index (χ3v) is 4.88. The topological polar surface area (TPSA) is 34.1 Å². The molecular weight excluding hydrogens is 260 g/mol. The lowest BCUT2D eigenvalue weighted by molar-refractivity contribution is -0.113. The molecule has 0 heterocycles. The number of hydrogen-bond acceptors (Lipinski definition) is 2. The minimum atomic E-state index is 0.249. The van der Waals surface area contributed by atoms with Crippen LogP contribution in [0.25, 0.3) is 0 Å². The first kappa shape index (κ1) is 17.9. The molecule has 0 aromatic heterocycles. The molecule has 2 nitrogen and oxygen atoms in total. The van der Waals surface area contributed by atoms with Crippen LogP contribution in [0.5, 0.6) is 0 Å². The molecule has 2 aliphatic rings. The summed E-state index contributed by atoms with van der Waals surface area (Å²) in [5.74, 6) is 1.97. The first-order valence-corrected chi connectivity index (χ1v) is 8.14. The molecule has 0 aliphatic heterocycles. The van der Waals surface area contributed by atoms with Gasteiger partial charge in [-0.2, -0.15) is 0 Å². The number of carbonyl (C=O) groups is 2. The Kier molecular flexibility index (Phi) is 7.07. The molecular formula is C19H30O2. The standard InChI is InChI=1S/C10H16O.C9H14O/c1-7-4-8(2)10(6-11)9(3)5-7;1-7-3-4-9(6-10)8(2)5-7/h4,6,8-10H,5H2,1-3H3;5-6,8-9H,3-4H2,1-2H3. The molecule has 2 rings (SSSR count). The SMILES string of the molecule is CC1=CC(C)C(C=O)C(C)C1.CC1=CC(C)C(C=O)CC1. The Hall–Kier alpha value is -1.18. The predicted molar refractivity (Wildman–Crippen MR) is 88.0 cm³/mol. The van der Waals surface area contributed by atoms with Crippen LogP contribution in [-0.4, -0.2) is 12.6 Å². The predicted octanol–water partition coefficient (Wildman–Crippen LogP) is 4.60. The zero-order chi connectivity index (χ0) is 16.0. The zero-order valence-electron chi connectivity index (χ0n) is 14.1. The van der Waals surface area contributed by atoms with Gasteiger partial charge in [0, 0.05) is 11.8 Å². The van der Waals surface area contributed by atoms with Gasteiger partial charge in [-0.05, 0) is 50.9 Å². The van der Waals surface area contributed by atoms with Crippen LogP contribution in [0.3, 0.4) is 0 Å². The lowest BCUT2D eigenvalue weighted by Gasteiger charge is -2.28. The summed E-state index contributed by atoms with van der Waals surface area (Å²) in [5.41, 5.74) is 2.87. The molecule has 0 saturated carbocycles.